The van der Waals surface area contributed by atoms with Crippen molar-refractivity contribution in [1.82, 2.24) is 5.32 Å². The molecule has 5 heteroatoms. The average molecular weight is 344 g/mol. The first-order chi connectivity index (χ1) is 12.0. The molecule has 1 aliphatic carbocycles. The van der Waals surface area contributed by atoms with Crippen molar-refractivity contribution in [3.63, 3.8) is 0 Å². The standard InChI is InChI=1S/C20H28N2O3/c1-14(23)21-17-8-6-16(7-9-17)19-12-18(22-15(2)24)13-20(25-19)10-4-3-5-11-20/h6-9,18-19H,3-5,10-13H2,1-2H3,(H,21,23)(H,22,24)/t18-,19-/m1/s1. The van der Waals surface area contributed by atoms with Gasteiger partial charge in [-0.3, -0.25) is 9.59 Å². The third-order valence-corrected chi connectivity index (χ3v) is 5.28. The van der Waals surface area contributed by atoms with Crippen LogP contribution in [0.1, 0.15) is 70.5 Å². The molecule has 2 amide bonds. The van der Waals surface area contributed by atoms with Crippen LogP contribution in [0.5, 0.6) is 0 Å². The third-order valence-electron chi connectivity index (χ3n) is 5.28. The molecule has 136 valence electrons. The highest BCUT2D eigenvalue weighted by molar-refractivity contribution is 5.88. The zero-order valence-electron chi connectivity index (χ0n) is 15.1. The lowest BCUT2D eigenvalue weighted by molar-refractivity contribution is -0.158. The Morgan fingerprint density at radius 2 is 1.72 bits per heavy atom. The molecule has 0 aromatic heterocycles. The number of amides is 2. The van der Waals surface area contributed by atoms with Gasteiger partial charge in [0.25, 0.3) is 0 Å². The van der Waals surface area contributed by atoms with Crippen molar-refractivity contribution in [3.05, 3.63) is 29.8 Å². The Morgan fingerprint density at radius 1 is 1.04 bits per heavy atom. The molecule has 3 rings (SSSR count). The summed E-state index contributed by atoms with van der Waals surface area (Å²) in [5.74, 6) is -0.0498. The monoisotopic (exact) mass is 344 g/mol. The van der Waals surface area contributed by atoms with Gasteiger partial charge in [-0.05, 0) is 43.4 Å². The molecule has 2 N–H and O–H groups in total. The van der Waals surface area contributed by atoms with Crippen molar-refractivity contribution >= 4 is 17.5 Å². The maximum absolute atomic E-state index is 11.6. The lowest BCUT2D eigenvalue weighted by atomic mass is 9.76. The minimum absolute atomic E-state index is 0.0184. The number of rotatable bonds is 3. The van der Waals surface area contributed by atoms with Gasteiger partial charge in [-0.25, -0.2) is 0 Å². The van der Waals surface area contributed by atoms with E-state index in [4.69, 9.17) is 4.74 Å². The Bertz CT molecular complexity index is 620. The summed E-state index contributed by atoms with van der Waals surface area (Å²) in [6.07, 6.45) is 7.49. The Hall–Kier alpha value is -1.88. The second-order valence-electron chi connectivity index (χ2n) is 7.49. The smallest absolute Gasteiger partial charge is 0.221 e. The molecule has 1 heterocycles. The largest absolute Gasteiger partial charge is 0.367 e. The predicted octanol–water partition coefficient (Wildman–Crippen LogP) is 3.70. The maximum Gasteiger partial charge on any atom is 0.221 e. The van der Waals surface area contributed by atoms with Crippen molar-refractivity contribution < 1.29 is 14.3 Å². The van der Waals surface area contributed by atoms with E-state index in [2.05, 4.69) is 10.6 Å². The van der Waals surface area contributed by atoms with Gasteiger partial charge in [-0.2, -0.15) is 0 Å². The van der Waals surface area contributed by atoms with E-state index in [-0.39, 0.29) is 29.6 Å². The molecule has 0 bridgehead atoms. The number of carbonyl (C=O) groups excluding carboxylic acids is 2. The van der Waals surface area contributed by atoms with Crippen molar-refractivity contribution in [1.29, 1.82) is 0 Å². The van der Waals surface area contributed by atoms with E-state index in [1.807, 2.05) is 24.3 Å². The summed E-state index contributed by atoms with van der Waals surface area (Å²) in [4.78, 5) is 22.8. The Morgan fingerprint density at radius 3 is 2.32 bits per heavy atom. The Labute approximate surface area is 149 Å². The molecule has 0 radical (unpaired) electrons. The number of hydrogen-bond acceptors (Lipinski definition) is 3. The molecule has 2 fully saturated rings. The zero-order chi connectivity index (χ0) is 17.9. The second-order valence-corrected chi connectivity index (χ2v) is 7.49. The summed E-state index contributed by atoms with van der Waals surface area (Å²) < 4.78 is 6.60. The van der Waals surface area contributed by atoms with E-state index < -0.39 is 0 Å². The SMILES string of the molecule is CC(=O)Nc1ccc([C@H]2C[C@@H](NC(C)=O)CC3(CCCCC3)O2)cc1. The highest BCUT2D eigenvalue weighted by Gasteiger charge is 2.42. The summed E-state index contributed by atoms with van der Waals surface area (Å²) in [6, 6.07) is 8.01. The highest BCUT2D eigenvalue weighted by atomic mass is 16.5. The number of carbonyl (C=O) groups is 2. The van der Waals surface area contributed by atoms with Crippen LogP contribution in [0.2, 0.25) is 0 Å². The van der Waals surface area contributed by atoms with Crippen molar-refractivity contribution in [2.45, 2.75) is 76.5 Å². The van der Waals surface area contributed by atoms with E-state index in [9.17, 15) is 9.59 Å². The number of hydrogen-bond donors (Lipinski definition) is 2. The van der Waals surface area contributed by atoms with E-state index in [0.29, 0.717) is 0 Å². The number of benzene rings is 1. The van der Waals surface area contributed by atoms with Gasteiger partial charge in [0, 0.05) is 25.6 Å². The van der Waals surface area contributed by atoms with E-state index in [0.717, 1.165) is 36.9 Å². The summed E-state index contributed by atoms with van der Waals surface area (Å²) in [6.45, 7) is 3.09. The zero-order valence-corrected chi connectivity index (χ0v) is 15.1. The van der Waals surface area contributed by atoms with Crippen LogP contribution in [-0.4, -0.2) is 23.5 Å². The molecule has 1 aliphatic heterocycles. The van der Waals surface area contributed by atoms with Crippen LogP contribution in [-0.2, 0) is 14.3 Å². The molecule has 0 unspecified atom stereocenters. The fourth-order valence-electron chi connectivity index (χ4n) is 4.29. The van der Waals surface area contributed by atoms with Crippen molar-refractivity contribution in [2.75, 3.05) is 5.32 Å². The van der Waals surface area contributed by atoms with Gasteiger partial charge in [0.2, 0.25) is 11.8 Å². The van der Waals surface area contributed by atoms with E-state index in [1.165, 1.54) is 26.2 Å². The van der Waals surface area contributed by atoms with Crippen molar-refractivity contribution in [2.24, 2.45) is 0 Å². The van der Waals surface area contributed by atoms with Crippen LogP contribution in [0, 0.1) is 0 Å². The van der Waals surface area contributed by atoms with Gasteiger partial charge in [0.15, 0.2) is 0 Å². The summed E-state index contributed by atoms with van der Waals surface area (Å²) >= 11 is 0. The van der Waals surface area contributed by atoms with Crippen LogP contribution >= 0.6 is 0 Å². The number of ether oxygens (including phenoxy) is 1. The fraction of sp³-hybridized carbons (Fsp3) is 0.600. The van der Waals surface area contributed by atoms with Crippen molar-refractivity contribution in [3.8, 4) is 0 Å². The Kier molecular flexibility index (Phi) is 5.42. The summed E-state index contributed by atoms with van der Waals surface area (Å²) in [7, 11) is 0. The molecule has 2 atom stereocenters. The van der Waals surface area contributed by atoms with E-state index in [1.54, 1.807) is 6.92 Å². The topological polar surface area (TPSA) is 67.4 Å². The Balaban J connectivity index is 1.78. The van der Waals surface area contributed by atoms with Crippen LogP contribution < -0.4 is 10.6 Å². The molecule has 1 saturated heterocycles. The number of anilines is 1. The van der Waals surface area contributed by atoms with Gasteiger partial charge in [0.1, 0.15) is 0 Å². The average Bonchev–Trinajstić information content (AvgIpc) is 2.54. The summed E-state index contributed by atoms with van der Waals surface area (Å²) in [5, 5.41) is 5.90. The lowest BCUT2D eigenvalue weighted by Crippen LogP contribution is -2.50. The van der Waals surface area contributed by atoms with E-state index >= 15 is 0 Å². The van der Waals surface area contributed by atoms with Crippen LogP contribution in [0.25, 0.3) is 0 Å². The van der Waals surface area contributed by atoms with Crippen LogP contribution in [0.15, 0.2) is 24.3 Å². The molecule has 2 aliphatic rings. The normalized spacial score (nSPS) is 25.4. The second kappa shape index (κ2) is 7.56. The molecule has 25 heavy (non-hydrogen) atoms. The van der Waals surface area contributed by atoms with Gasteiger partial charge < -0.3 is 15.4 Å². The molecule has 1 aromatic rings. The molecular formula is C20H28N2O3. The first-order valence-corrected chi connectivity index (χ1v) is 9.28. The fourth-order valence-corrected chi connectivity index (χ4v) is 4.29. The minimum atomic E-state index is -0.107. The van der Waals surface area contributed by atoms with Gasteiger partial charge >= 0.3 is 0 Å². The maximum atomic E-state index is 11.6. The van der Waals surface area contributed by atoms with Crippen LogP contribution in [0.4, 0.5) is 5.69 Å². The summed E-state index contributed by atoms with van der Waals surface area (Å²) in [5.41, 5.74) is 1.79. The third kappa shape index (κ3) is 4.60. The highest BCUT2D eigenvalue weighted by Crippen LogP contribution is 2.45. The van der Waals surface area contributed by atoms with Crippen LogP contribution in [0.3, 0.4) is 0 Å². The number of nitrogens with one attached hydrogen (secondary N) is 2. The lowest BCUT2D eigenvalue weighted by Gasteiger charge is -2.47. The molecule has 1 aromatic carbocycles. The van der Waals surface area contributed by atoms with Gasteiger partial charge in [0.05, 0.1) is 11.7 Å². The predicted molar refractivity (Wildman–Crippen MR) is 97.2 cm³/mol. The molecule has 5 nitrogen and oxygen atoms in total. The molecular weight excluding hydrogens is 316 g/mol. The van der Waals surface area contributed by atoms with Gasteiger partial charge in [-0.15, -0.1) is 0 Å². The van der Waals surface area contributed by atoms with Gasteiger partial charge in [-0.1, -0.05) is 31.4 Å². The molecule has 1 spiro atoms. The molecule has 1 saturated carbocycles. The first-order valence-electron chi connectivity index (χ1n) is 9.28. The minimum Gasteiger partial charge on any atom is -0.367 e. The first kappa shape index (κ1) is 17.9. The quantitative estimate of drug-likeness (QED) is 0.878.